The molecule has 2 aliphatic rings. The number of nitrogens with one attached hydrogen (secondary N) is 1. The Morgan fingerprint density at radius 2 is 1.89 bits per heavy atom. The predicted octanol–water partition coefficient (Wildman–Crippen LogP) is 1.16. The van der Waals surface area contributed by atoms with Crippen molar-refractivity contribution in [1.82, 2.24) is 14.5 Å². The van der Waals surface area contributed by atoms with Gasteiger partial charge < -0.3 is 10.0 Å². The fraction of sp³-hybridized carbons (Fsp3) is 0.550. The average molecular weight is 388 g/mol. The molecule has 8 nitrogen and oxygen atoms in total. The van der Waals surface area contributed by atoms with Gasteiger partial charge in [-0.25, -0.2) is 4.79 Å². The molecule has 1 aromatic carbocycles. The van der Waals surface area contributed by atoms with E-state index in [-0.39, 0.29) is 30.5 Å². The molecular weight excluding hydrogens is 360 g/mol. The molecule has 1 aromatic heterocycles. The zero-order chi connectivity index (χ0) is 20.4. The number of piperidine rings is 1. The van der Waals surface area contributed by atoms with E-state index in [0.717, 1.165) is 30.7 Å². The minimum absolute atomic E-state index is 0.184. The molecule has 152 valence electrons. The normalized spacial score (nSPS) is 22.2. The van der Waals surface area contributed by atoms with Crippen molar-refractivity contribution >= 4 is 28.5 Å². The summed E-state index contributed by atoms with van der Waals surface area (Å²) in [6.45, 7) is 5.85. The number of carbonyl (C=O) groups excluding carboxylic acids is 2. The third-order valence-corrected chi connectivity index (χ3v) is 5.50. The first-order valence-corrected chi connectivity index (χ1v) is 9.90. The van der Waals surface area contributed by atoms with Crippen molar-refractivity contribution in [1.29, 1.82) is 0 Å². The number of amides is 2. The summed E-state index contributed by atoms with van der Waals surface area (Å²) in [7, 11) is 1.69. The summed E-state index contributed by atoms with van der Waals surface area (Å²) < 4.78 is 3.03. The van der Waals surface area contributed by atoms with Crippen LogP contribution in [0.5, 0.6) is 0 Å². The van der Waals surface area contributed by atoms with E-state index in [1.807, 2.05) is 32.0 Å². The van der Waals surface area contributed by atoms with E-state index >= 15 is 0 Å². The van der Waals surface area contributed by atoms with Gasteiger partial charge in [-0.15, -0.1) is 0 Å². The number of aliphatic hydroxyl groups is 1. The molecule has 0 radical (unpaired) electrons. The topological polar surface area (TPSA) is 96.6 Å². The summed E-state index contributed by atoms with van der Waals surface area (Å²) in [6.07, 6.45) is 1.51. The highest BCUT2D eigenvalue weighted by molar-refractivity contribution is 6.00. The first-order chi connectivity index (χ1) is 13.5. The predicted molar refractivity (Wildman–Crippen MR) is 107 cm³/mol. The quantitative estimate of drug-likeness (QED) is 0.770. The molecule has 2 atom stereocenters. The van der Waals surface area contributed by atoms with Crippen LogP contribution in [-0.2, 0) is 16.6 Å². The van der Waals surface area contributed by atoms with Crippen LogP contribution < -0.4 is 15.9 Å². The summed E-state index contributed by atoms with van der Waals surface area (Å²) in [4.78, 5) is 38.6. The number of imide groups is 1. The number of fused-ring (bicyclic) bond motifs is 1. The van der Waals surface area contributed by atoms with Crippen LogP contribution in [-0.4, -0.2) is 45.8 Å². The molecule has 2 N–H and O–H groups in total. The maximum Gasteiger partial charge on any atom is 0.329 e. The number of rotatable bonds is 3. The lowest BCUT2D eigenvalue weighted by Crippen LogP contribution is -2.44. The summed E-state index contributed by atoms with van der Waals surface area (Å²) in [5.74, 6) is -0.442. The lowest BCUT2D eigenvalue weighted by Gasteiger charge is -2.22. The number of aromatic nitrogens is 2. The Hall–Kier alpha value is -2.61. The van der Waals surface area contributed by atoms with Gasteiger partial charge in [-0.3, -0.25) is 24.0 Å². The highest BCUT2D eigenvalue weighted by atomic mass is 16.3. The van der Waals surface area contributed by atoms with Crippen molar-refractivity contribution in [3.05, 3.63) is 28.7 Å². The standard InChI is InChI=1S/C18H22N4O4.C2H6/c1-20-15-8-12(21-7-6-11(9-21)10-23)2-3-13(15)22(18(20)26)14-4-5-16(24)19-17(14)25;1-2/h2-3,8,11,14,23H,4-7,9-10H2,1H3,(H,19,24,25);1-2H3. The average Bonchev–Trinajstić information content (AvgIpc) is 3.28. The fourth-order valence-electron chi connectivity index (χ4n) is 3.99. The largest absolute Gasteiger partial charge is 0.396 e. The number of aryl methyl sites for hydroxylation is 1. The van der Waals surface area contributed by atoms with Crippen LogP contribution >= 0.6 is 0 Å². The van der Waals surface area contributed by atoms with Crippen molar-refractivity contribution in [3.8, 4) is 0 Å². The van der Waals surface area contributed by atoms with Crippen LogP contribution in [0, 0.1) is 5.92 Å². The molecule has 8 heteroatoms. The highest BCUT2D eigenvalue weighted by Crippen LogP contribution is 2.29. The van der Waals surface area contributed by atoms with Gasteiger partial charge in [0.05, 0.1) is 11.0 Å². The van der Waals surface area contributed by atoms with Gasteiger partial charge in [0.2, 0.25) is 11.8 Å². The monoisotopic (exact) mass is 388 g/mol. The lowest BCUT2D eigenvalue weighted by molar-refractivity contribution is -0.135. The maximum absolute atomic E-state index is 12.8. The summed E-state index contributed by atoms with van der Waals surface area (Å²) in [5.41, 5.74) is 2.18. The Labute approximate surface area is 163 Å². The SMILES string of the molecule is CC.Cn1c(=O)n(C2CCC(=O)NC2=O)c2ccc(N3CCC(CO)C3)cc21. The molecule has 2 amide bonds. The van der Waals surface area contributed by atoms with Crippen molar-refractivity contribution < 1.29 is 14.7 Å². The molecule has 0 bridgehead atoms. The zero-order valence-electron chi connectivity index (χ0n) is 16.6. The van der Waals surface area contributed by atoms with Crippen LogP contribution in [0.25, 0.3) is 11.0 Å². The number of benzene rings is 1. The Kier molecular flexibility index (Phi) is 5.88. The number of nitrogens with zero attached hydrogens (tertiary/aromatic N) is 3. The molecule has 0 saturated carbocycles. The molecule has 2 unspecified atom stereocenters. The van der Waals surface area contributed by atoms with E-state index in [2.05, 4.69) is 10.2 Å². The van der Waals surface area contributed by atoms with Crippen molar-refractivity contribution in [2.75, 3.05) is 24.6 Å². The third-order valence-electron chi connectivity index (χ3n) is 5.50. The second-order valence-corrected chi connectivity index (χ2v) is 7.13. The number of aliphatic hydroxyl groups excluding tert-OH is 1. The molecule has 2 aliphatic heterocycles. The van der Waals surface area contributed by atoms with Gasteiger partial charge in [0, 0.05) is 44.8 Å². The molecule has 2 fully saturated rings. The van der Waals surface area contributed by atoms with Crippen LogP contribution in [0.4, 0.5) is 5.69 Å². The molecule has 0 spiro atoms. The zero-order valence-corrected chi connectivity index (χ0v) is 16.6. The Morgan fingerprint density at radius 1 is 1.14 bits per heavy atom. The molecule has 2 saturated heterocycles. The molecule has 2 aromatic rings. The molecule has 0 aliphatic carbocycles. The van der Waals surface area contributed by atoms with Gasteiger partial charge in [0.1, 0.15) is 6.04 Å². The second-order valence-electron chi connectivity index (χ2n) is 7.13. The Balaban J connectivity index is 0.00000109. The van der Waals surface area contributed by atoms with Crippen LogP contribution in [0.15, 0.2) is 23.0 Å². The van der Waals surface area contributed by atoms with E-state index in [1.54, 1.807) is 11.6 Å². The molecule has 4 rings (SSSR count). The second kappa shape index (κ2) is 8.18. The summed E-state index contributed by atoms with van der Waals surface area (Å²) in [5, 5.41) is 11.7. The van der Waals surface area contributed by atoms with Gasteiger partial charge in [0.25, 0.3) is 0 Å². The first kappa shape index (κ1) is 20.1. The van der Waals surface area contributed by atoms with Gasteiger partial charge in [0.15, 0.2) is 0 Å². The van der Waals surface area contributed by atoms with Crippen molar-refractivity contribution in [2.24, 2.45) is 13.0 Å². The summed E-state index contributed by atoms with van der Waals surface area (Å²) >= 11 is 0. The number of anilines is 1. The summed E-state index contributed by atoms with van der Waals surface area (Å²) in [6, 6.07) is 5.10. The maximum atomic E-state index is 12.8. The fourth-order valence-corrected chi connectivity index (χ4v) is 3.99. The Bertz CT molecular complexity index is 946. The molecule has 3 heterocycles. The van der Waals surface area contributed by atoms with Crippen LogP contribution in [0.2, 0.25) is 0 Å². The number of carbonyl (C=O) groups is 2. The minimum atomic E-state index is -0.666. The first-order valence-electron chi connectivity index (χ1n) is 9.90. The van der Waals surface area contributed by atoms with E-state index in [9.17, 15) is 19.5 Å². The lowest BCUT2D eigenvalue weighted by atomic mass is 10.1. The molecule has 28 heavy (non-hydrogen) atoms. The minimum Gasteiger partial charge on any atom is -0.396 e. The van der Waals surface area contributed by atoms with Gasteiger partial charge in [-0.2, -0.15) is 0 Å². The van der Waals surface area contributed by atoms with E-state index < -0.39 is 11.9 Å². The van der Waals surface area contributed by atoms with Crippen LogP contribution in [0.1, 0.15) is 39.2 Å². The Morgan fingerprint density at radius 3 is 2.54 bits per heavy atom. The van der Waals surface area contributed by atoms with Crippen molar-refractivity contribution in [3.63, 3.8) is 0 Å². The smallest absolute Gasteiger partial charge is 0.329 e. The number of hydrogen-bond donors (Lipinski definition) is 2. The highest BCUT2D eigenvalue weighted by Gasteiger charge is 2.31. The van der Waals surface area contributed by atoms with Gasteiger partial charge in [-0.1, -0.05) is 13.8 Å². The van der Waals surface area contributed by atoms with Crippen LogP contribution in [0.3, 0.4) is 0 Å². The number of imidazole rings is 1. The van der Waals surface area contributed by atoms with Gasteiger partial charge >= 0.3 is 5.69 Å². The van der Waals surface area contributed by atoms with Gasteiger partial charge in [-0.05, 0) is 31.0 Å². The molecular formula is C20H28N4O4. The van der Waals surface area contributed by atoms with Crippen molar-refractivity contribution in [2.45, 2.75) is 39.2 Å². The third kappa shape index (κ3) is 3.44. The van der Waals surface area contributed by atoms with E-state index in [0.29, 0.717) is 11.9 Å². The van der Waals surface area contributed by atoms with E-state index in [1.165, 1.54) is 4.57 Å². The number of hydrogen-bond acceptors (Lipinski definition) is 5. The van der Waals surface area contributed by atoms with E-state index in [4.69, 9.17) is 0 Å².